The molecule has 3 nitrogen and oxygen atoms in total. The molecular weight excluding hydrogens is 272 g/mol. The first kappa shape index (κ1) is 11.9. The Morgan fingerprint density at radius 1 is 1.38 bits per heavy atom. The van der Waals surface area contributed by atoms with E-state index in [1.165, 1.54) is 0 Å². The second-order valence-corrected chi connectivity index (χ2v) is 4.98. The summed E-state index contributed by atoms with van der Waals surface area (Å²) in [6.45, 7) is -0.0579. The Bertz CT molecular complexity index is 367. The molecule has 0 bridgehead atoms. The molecule has 0 amide bonds. The van der Waals surface area contributed by atoms with Gasteiger partial charge in [-0.25, -0.2) is 0 Å². The van der Waals surface area contributed by atoms with E-state index in [1.54, 1.807) is 0 Å². The maximum absolute atomic E-state index is 9.67. The van der Waals surface area contributed by atoms with E-state index >= 15 is 0 Å². The Hall–Kier alpha value is -0.580. The predicted molar refractivity (Wildman–Crippen MR) is 64.3 cm³/mol. The number of rotatable bonds is 3. The van der Waals surface area contributed by atoms with E-state index in [0.29, 0.717) is 5.75 Å². The fraction of sp³-hybridized carbons (Fsp3) is 0.500. The number of hydrogen-bond donors (Lipinski definition) is 2. The number of aliphatic hydroxyl groups is 2. The number of halogens is 1. The van der Waals surface area contributed by atoms with Gasteiger partial charge in [0.2, 0.25) is 0 Å². The van der Waals surface area contributed by atoms with Crippen molar-refractivity contribution in [3.63, 3.8) is 0 Å². The van der Waals surface area contributed by atoms with Gasteiger partial charge >= 0.3 is 0 Å². The van der Waals surface area contributed by atoms with Gasteiger partial charge in [0.05, 0.1) is 12.7 Å². The average Bonchev–Trinajstić information content (AvgIpc) is 2.67. The van der Waals surface area contributed by atoms with Gasteiger partial charge < -0.3 is 14.9 Å². The fourth-order valence-corrected chi connectivity index (χ4v) is 2.40. The molecule has 0 spiro atoms. The maximum Gasteiger partial charge on any atom is 0.125 e. The highest BCUT2D eigenvalue weighted by molar-refractivity contribution is 9.10. The summed E-state index contributed by atoms with van der Waals surface area (Å²) in [7, 11) is 0. The van der Waals surface area contributed by atoms with Gasteiger partial charge in [0.25, 0.3) is 0 Å². The number of hydrogen-bond acceptors (Lipinski definition) is 3. The molecule has 2 atom stereocenters. The lowest BCUT2D eigenvalue weighted by Gasteiger charge is -2.19. The van der Waals surface area contributed by atoms with Crippen LogP contribution in [0.15, 0.2) is 22.7 Å². The van der Waals surface area contributed by atoms with Crippen LogP contribution in [0.1, 0.15) is 24.8 Å². The van der Waals surface area contributed by atoms with Gasteiger partial charge in [-0.05, 0) is 37.5 Å². The van der Waals surface area contributed by atoms with E-state index in [0.717, 1.165) is 29.3 Å². The van der Waals surface area contributed by atoms with E-state index in [2.05, 4.69) is 15.9 Å². The summed E-state index contributed by atoms with van der Waals surface area (Å²) in [4.78, 5) is 0. The van der Waals surface area contributed by atoms with Crippen LogP contribution in [0, 0.1) is 0 Å². The summed E-state index contributed by atoms with van der Waals surface area (Å²) in [5.74, 6) is 0.664. The monoisotopic (exact) mass is 286 g/mol. The molecular formula is C12H15BrO3. The van der Waals surface area contributed by atoms with E-state index < -0.39 is 0 Å². The first-order valence-corrected chi connectivity index (χ1v) is 6.24. The van der Waals surface area contributed by atoms with E-state index in [4.69, 9.17) is 4.74 Å². The zero-order chi connectivity index (χ0) is 11.5. The van der Waals surface area contributed by atoms with Crippen LogP contribution in [0.25, 0.3) is 0 Å². The van der Waals surface area contributed by atoms with Gasteiger partial charge in [0.15, 0.2) is 0 Å². The Kier molecular flexibility index (Phi) is 3.84. The van der Waals surface area contributed by atoms with Crippen LogP contribution >= 0.6 is 15.9 Å². The first-order chi connectivity index (χ1) is 7.70. The normalized spacial score (nSPS) is 24.7. The Morgan fingerprint density at radius 2 is 2.19 bits per heavy atom. The number of benzene rings is 1. The molecule has 0 heterocycles. The summed E-state index contributed by atoms with van der Waals surface area (Å²) in [5.41, 5.74) is 0.744. The van der Waals surface area contributed by atoms with Crippen LogP contribution in [0.3, 0.4) is 0 Å². The minimum Gasteiger partial charge on any atom is -0.487 e. The molecule has 4 heteroatoms. The molecule has 1 aromatic rings. The van der Waals surface area contributed by atoms with Crippen LogP contribution in [-0.4, -0.2) is 22.4 Å². The largest absolute Gasteiger partial charge is 0.487 e. The quantitative estimate of drug-likeness (QED) is 0.896. The second kappa shape index (κ2) is 5.17. The third kappa shape index (κ3) is 2.56. The van der Waals surface area contributed by atoms with Crippen molar-refractivity contribution in [1.29, 1.82) is 0 Å². The Labute approximate surface area is 103 Å². The molecule has 2 unspecified atom stereocenters. The fourth-order valence-electron chi connectivity index (χ4n) is 1.99. The highest BCUT2D eigenvalue weighted by Gasteiger charge is 2.27. The van der Waals surface area contributed by atoms with Crippen molar-refractivity contribution < 1.29 is 14.9 Å². The smallest absolute Gasteiger partial charge is 0.125 e. The van der Waals surface area contributed by atoms with Crippen molar-refractivity contribution in [2.45, 2.75) is 38.1 Å². The van der Waals surface area contributed by atoms with Crippen molar-refractivity contribution in [3.8, 4) is 5.75 Å². The number of aliphatic hydroxyl groups excluding tert-OH is 2. The van der Waals surface area contributed by atoms with Crippen molar-refractivity contribution in [1.82, 2.24) is 0 Å². The van der Waals surface area contributed by atoms with Crippen LogP contribution < -0.4 is 4.74 Å². The van der Waals surface area contributed by atoms with Crippen molar-refractivity contribution in [2.24, 2.45) is 0 Å². The van der Waals surface area contributed by atoms with Crippen molar-refractivity contribution in [2.75, 3.05) is 0 Å². The highest BCUT2D eigenvalue weighted by Crippen LogP contribution is 2.28. The molecule has 1 aliphatic carbocycles. The summed E-state index contributed by atoms with van der Waals surface area (Å²) in [6.07, 6.45) is 2.16. The lowest BCUT2D eigenvalue weighted by atomic mass is 10.2. The first-order valence-electron chi connectivity index (χ1n) is 5.44. The van der Waals surface area contributed by atoms with Crippen LogP contribution in [0.5, 0.6) is 5.75 Å². The molecule has 0 saturated heterocycles. The summed E-state index contributed by atoms with van der Waals surface area (Å²) < 4.78 is 6.65. The minimum atomic E-state index is -0.379. The van der Waals surface area contributed by atoms with Crippen LogP contribution in [0.2, 0.25) is 0 Å². The molecule has 1 saturated carbocycles. The molecule has 2 rings (SSSR count). The standard InChI is InChI=1S/C12H15BrO3/c13-9-4-5-11(8(6-9)7-14)16-12-3-1-2-10(12)15/h4-6,10,12,14-15H,1-3,7H2. The molecule has 0 aliphatic heterocycles. The topological polar surface area (TPSA) is 49.7 Å². The zero-order valence-electron chi connectivity index (χ0n) is 8.90. The average molecular weight is 287 g/mol. The van der Waals surface area contributed by atoms with Gasteiger partial charge in [-0.15, -0.1) is 0 Å². The summed E-state index contributed by atoms with van der Waals surface area (Å²) >= 11 is 3.35. The van der Waals surface area contributed by atoms with Gasteiger partial charge in [-0.1, -0.05) is 15.9 Å². The van der Waals surface area contributed by atoms with Crippen molar-refractivity contribution >= 4 is 15.9 Å². The van der Waals surface area contributed by atoms with Crippen molar-refractivity contribution in [3.05, 3.63) is 28.2 Å². The van der Waals surface area contributed by atoms with Gasteiger partial charge in [0.1, 0.15) is 11.9 Å². The Balaban J connectivity index is 2.14. The van der Waals surface area contributed by atoms with E-state index in [1.807, 2.05) is 18.2 Å². The second-order valence-electron chi connectivity index (χ2n) is 4.06. The summed E-state index contributed by atoms with van der Waals surface area (Å²) in [6, 6.07) is 5.52. The highest BCUT2D eigenvalue weighted by atomic mass is 79.9. The van der Waals surface area contributed by atoms with E-state index in [-0.39, 0.29) is 18.8 Å². The summed E-state index contributed by atoms with van der Waals surface area (Å²) in [5, 5.41) is 18.9. The van der Waals surface area contributed by atoms with Gasteiger partial charge in [-0.3, -0.25) is 0 Å². The van der Waals surface area contributed by atoms with E-state index in [9.17, 15) is 10.2 Å². The molecule has 16 heavy (non-hydrogen) atoms. The molecule has 1 aromatic carbocycles. The van der Waals surface area contributed by atoms with Crippen LogP contribution in [0.4, 0.5) is 0 Å². The lowest BCUT2D eigenvalue weighted by molar-refractivity contribution is 0.0589. The van der Waals surface area contributed by atoms with Crippen LogP contribution in [-0.2, 0) is 6.61 Å². The predicted octanol–water partition coefficient (Wildman–Crippen LogP) is 2.23. The van der Waals surface area contributed by atoms with Gasteiger partial charge in [0, 0.05) is 10.0 Å². The molecule has 1 fully saturated rings. The molecule has 0 aromatic heterocycles. The minimum absolute atomic E-state index is 0.0579. The third-order valence-electron chi connectivity index (χ3n) is 2.89. The zero-order valence-corrected chi connectivity index (χ0v) is 10.5. The lowest BCUT2D eigenvalue weighted by Crippen LogP contribution is -2.26. The SMILES string of the molecule is OCc1cc(Br)ccc1OC1CCCC1O. The number of ether oxygens (including phenoxy) is 1. The molecule has 1 aliphatic rings. The van der Waals surface area contributed by atoms with Gasteiger partial charge in [-0.2, -0.15) is 0 Å². The maximum atomic E-state index is 9.67. The molecule has 2 N–H and O–H groups in total. The molecule has 0 radical (unpaired) electrons. The Morgan fingerprint density at radius 3 is 2.81 bits per heavy atom. The third-order valence-corrected chi connectivity index (χ3v) is 3.38. The molecule has 88 valence electrons.